The molecular weight excluding hydrogens is 342 g/mol. The van der Waals surface area contributed by atoms with E-state index >= 15 is 0 Å². The molecule has 0 atom stereocenters. The zero-order valence-electron chi connectivity index (χ0n) is 15.6. The Morgan fingerprint density at radius 1 is 1.04 bits per heavy atom. The molecule has 2 heterocycles. The van der Waals surface area contributed by atoms with Gasteiger partial charge in [0.1, 0.15) is 0 Å². The molecule has 1 aliphatic rings. The first-order valence-electron chi connectivity index (χ1n) is 9.56. The van der Waals surface area contributed by atoms with Crippen molar-refractivity contribution in [3.05, 3.63) is 48.5 Å². The van der Waals surface area contributed by atoms with Gasteiger partial charge in [-0.15, -0.1) is 0 Å². The van der Waals surface area contributed by atoms with Crippen LogP contribution in [0.25, 0.3) is 21.8 Å². The predicted molar refractivity (Wildman–Crippen MR) is 105 cm³/mol. The van der Waals surface area contributed by atoms with Crippen molar-refractivity contribution in [3.63, 3.8) is 0 Å². The number of carbonyl (C=O) groups is 1. The molecule has 3 aromatic rings. The average molecular weight is 367 g/mol. The second-order valence-electron chi connectivity index (χ2n) is 7.42. The number of carboxylic acids is 1. The van der Waals surface area contributed by atoms with Gasteiger partial charge in [0, 0.05) is 41.2 Å². The van der Waals surface area contributed by atoms with Crippen LogP contribution in [0.5, 0.6) is 0 Å². The number of aliphatic carboxylic acids is 1. The molecule has 1 aromatic heterocycles. The number of ether oxygens (including phenoxy) is 2. The van der Waals surface area contributed by atoms with Crippen molar-refractivity contribution in [2.75, 3.05) is 13.2 Å². The fourth-order valence-electron chi connectivity index (χ4n) is 3.88. The number of fused-ring (bicyclic) bond motifs is 3. The molecule has 1 N–H and O–H groups in total. The summed E-state index contributed by atoms with van der Waals surface area (Å²) in [6.07, 6.45) is 3.10. The Kier molecular flexibility index (Phi) is 4.89. The lowest BCUT2D eigenvalue weighted by molar-refractivity contribution is -0.271. The van der Waals surface area contributed by atoms with E-state index in [-0.39, 0.29) is 5.92 Å². The number of aryl methyl sites for hydroxylation is 1. The fourth-order valence-corrected chi connectivity index (χ4v) is 3.88. The number of carboxylic acid groups (broad SMARTS) is 1. The molecular formula is C22H25NO4. The minimum Gasteiger partial charge on any atom is -0.477 e. The second-order valence-corrected chi connectivity index (χ2v) is 7.42. The first kappa shape index (κ1) is 18.0. The van der Waals surface area contributed by atoms with Crippen LogP contribution in [0.4, 0.5) is 0 Å². The minimum atomic E-state index is -1.49. The summed E-state index contributed by atoms with van der Waals surface area (Å²) in [4.78, 5) is 11.1. The summed E-state index contributed by atoms with van der Waals surface area (Å²) in [5.74, 6) is -2.29. The van der Waals surface area contributed by atoms with Gasteiger partial charge in [0.15, 0.2) is 0 Å². The SMILES string of the molecule is CC1(C(=O)O)OCC(CCCCn2c3ccccc3c3ccccc32)CO1. The number of rotatable bonds is 6. The summed E-state index contributed by atoms with van der Waals surface area (Å²) in [6.45, 7) is 3.32. The maximum absolute atomic E-state index is 11.1. The molecule has 1 aliphatic heterocycles. The van der Waals surface area contributed by atoms with E-state index < -0.39 is 11.8 Å². The predicted octanol–water partition coefficient (Wildman–Crippen LogP) is 4.43. The molecule has 5 heteroatoms. The molecule has 5 nitrogen and oxygen atoms in total. The Morgan fingerprint density at radius 3 is 2.15 bits per heavy atom. The highest BCUT2D eigenvalue weighted by molar-refractivity contribution is 6.07. The summed E-state index contributed by atoms with van der Waals surface area (Å²) in [6, 6.07) is 17.1. The van der Waals surface area contributed by atoms with E-state index in [1.54, 1.807) is 0 Å². The zero-order valence-corrected chi connectivity index (χ0v) is 15.6. The molecule has 1 saturated heterocycles. The van der Waals surface area contributed by atoms with Gasteiger partial charge in [0.2, 0.25) is 0 Å². The maximum Gasteiger partial charge on any atom is 0.364 e. The lowest BCUT2D eigenvalue weighted by Crippen LogP contribution is -2.47. The van der Waals surface area contributed by atoms with E-state index in [9.17, 15) is 4.79 Å². The van der Waals surface area contributed by atoms with Crippen molar-refractivity contribution < 1.29 is 19.4 Å². The van der Waals surface area contributed by atoms with Gasteiger partial charge in [-0.3, -0.25) is 0 Å². The largest absolute Gasteiger partial charge is 0.477 e. The van der Waals surface area contributed by atoms with Crippen LogP contribution in [0.1, 0.15) is 26.2 Å². The summed E-state index contributed by atoms with van der Waals surface area (Å²) < 4.78 is 13.3. The summed E-state index contributed by atoms with van der Waals surface area (Å²) >= 11 is 0. The van der Waals surface area contributed by atoms with Crippen LogP contribution in [0.3, 0.4) is 0 Å². The Morgan fingerprint density at radius 2 is 1.59 bits per heavy atom. The van der Waals surface area contributed by atoms with E-state index in [4.69, 9.17) is 14.6 Å². The first-order valence-corrected chi connectivity index (χ1v) is 9.56. The normalized spacial score (nSPS) is 23.1. The van der Waals surface area contributed by atoms with Crippen LogP contribution in [0.15, 0.2) is 48.5 Å². The van der Waals surface area contributed by atoms with Gasteiger partial charge in [-0.2, -0.15) is 0 Å². The number of benzene rings is 2. The number of para-hydroxylation sites is 2. The topological polar surface area (TPSA) is 60.7 Å². The molecule has 1 fully saturated rings. The van der Waals surface area contributed by atoms with Gasteiger partial charge < -0.3 is 19.1 Å². The second kappa shape index (κ2) is 7.33. The Hall–Kier alpha value is -2.37. The van der Waals surface area contributed by atoms with E-state index in [0.29, 0.717) is 13.2 Å². The molecule has 27 heavy (non-hydrogen) atoms. The highest BCUT2D eigenvalue weighted by Crippen LogP contribution is 2.29. The smallest absolute Gasteiger partial charge is 0.364 e. The molecule has 142 valence electrons. The van der Waals surface area contributed by atoms with Gasteiger partial charge in [-0.25, -0.2) is 4.79 Å². The quantitative estimate of drug-likeness (QED) is 0.655. The van der Waals surface area contributed by atoms with E-state index in [1.807, 2.05) is 0 Å². The fraction of sp³-hybridized carbons (Fsp3) is 0.409. The number of unbranched alkanes of at least 4 members (excludes halogenated alkanes) is 1. The third kappa shape index (κ3) is 3.45. The number of aromatic nitrogens is 1. The summed E-state index contributed by atoms with van der Waals surface area (Å²) in [7, 11) is 0. The summed E-state index contributed by atoms with van der Waals surface area (Å²) in [5.41, 5.74) is 2.56. The molecule has 0 bridgehead atoms. The maximum atomic E-state index is 11.1. The number of hydrogen-bond acceptors (Lipinski definition) is 3. The van der Waals surface area contributed by atoms with E-state index in [2.05, 4.69) is 53.1 Å². The highest BCUT2D eigenvalue weighted by Gasteiger charge is 2.40. The Labute approximate surface area is 158 Å². The van der Waals surface area contributed by atoms with Crippen LogP contribution in [-0.4, -0.2) is 34.6 Å². The average Bonchev–Trinajstić information content (AvgIpc) is 3.01. The van der Waals surface area contributed by atoms with Crippen molar-refractivity contribution in [1.82, 2.24) is 4.57 Å². The van der Waals surface area contributed by atoms with Crippen molar-refractivity contribution in [2.45, 2.75) is 38.5 Å². The third-order valence-electron chi connectivity index (χ3n) is 5.50. The molecule has 4 rings (SSSR count). The highest BCUT2D eigenvalue weighted by atomic mass is 16.7. The van der Waals surface area contributed by atoms with Crippen LogP contribution in [0, 0.1) is 5.92 Å². The number of hydrogen-bond donors (Lipinski definition) is 1. The Bertz CT molecular complexity index is 900. The molecule has 0 unspecified atom stereocenters. The van der Waals surface area contributed by atoms with Crippen LogP contribution < -0.4 is 0 Å². The third-order valence-corrected chi connectivity index (χ3v) is 5.50. The van der Waals surface area contributed by atoms with Gasteiger partial charge in [-0.1, -0.05) is 42.8 Å². The molecule has 0 amide bonds. The molecule has 2 aromatic carbocycles. The molecule has 0 radical (unpaired) electrons. The van der Waals surface area contributed by atoms with Gasteiger partial charge >= 0.3 is 5.97 Å². The monoisotopic (exact) mass is 367 g/mol. The lowest BCUT2D eigenvalue weighted by atomic mass is 10.0. The van der Waals surface area contributed by atoms with Crippen molar-refractivity contribution >= 4 is 27.8 Å². The van der Waals surface area contributed by atoms with Crippen molar-refractivity contribution in [2.24, 2.45) is 5.92 Å². The molecule has 0 spiro atoms. The van der Waals surface area contributed by atoms with E-state index in [0.717, 1.165) is 25.8 Å². The molecule has 0 aliphatic carbocycles. The van der Waals surface area contributed by atoms with Crippen LogP contribution in [0.2, 0.25) is 0 Å². The molecule has 0 saturated carbocycles. The standard InChI is InChI=1S/C22H25NO4/c1-22(21(24)25)26-14-16(15-27-22)8-6-7-13-23-19-11-4-2-9-17(19)18-10-3-5-12-20(18)23/h2-5,9-12,16H,6-8,13-15H2,1H3,(H,24,25). The summed E-state index contributed by atoms with van der Waals surface area (Å²) in [5, 5.41) is 11.7. The van der Waals surface area contributed by atoms with Gasteiger partial charge in [-0.05, 0) is 25.0 Å². The van der Waals surface area contributed by atoms with Gasteiger partial charge in [0.25, 0.3) is 5.79 Å². The van der Waals surface area contributed by atoms with Crippen molar-refractivity contribution in [3.8, 4) is 0 Å². The van der Waals surface area contributed by atoms with Crippen molar-refractivity contribution in [1.29, 1.82) is 0 Å². The van der Waals surface area contributed by atoms with Gasteiger partial charge in [0.05, 0.1) is 13.2 Å². The number of nitrogens with zero attached hydrogens (tertiary/aromatic N) is 1. The minimum absolute atomic E-state index is 0.260. The van der Waals surface area contributed by atoms with Crippen LogP contribution in [-0.2, 0) is 20.8 Å². The van der Waals surface area contributed by atoms with E-state index in [1.165, 1.54) is 28.7 Å². The van der Waals surface area contributed by atoms with Crippen LogP contribution >= 0.6 is 0 Å². The first-order chi connectivity index (χ1) is 13.1. The zero-order chi connectivity index (χ0) is 18.9. The lowest BCUT2D eigenvalue weighted by Gasteiger charge is -2.34. The Balaban J connectivity index is 1.37.